The molecular formula is C17H23N3O. The summed E-state index contributed by atoms with van der Waals surface area (Å²) in [5.41, 5.74) is 0. The fourth-order valence-electron chi connectivity index (χ4n) is 3.04. The van der Waals surface area contributed by atoms with Crippen molar-refractivity contribution in [1.82, 2.24) is 10.3 Å². The Labute approximate surface area is 125 Å². The van der Waals surface area contributed by atoms with Crippen molar-refractivity contribution in [1.29, 1.82) is 0 Å². The maximum Gasteiger partial charge on any atom is 0.134 e. The number of ether oxygens (including phenoxy) is 1. The van der Waals surface area contributed by atoms with Gasteiger partial charge in [-0.05, 0) is 68.4 Å². The molecule has 0 saturated carbocycles. The van der Waals surface area contributed by atoms with E-state index >= 15 is 0 Å². The van der Waals surface area contributed by atoms with Crippen molar-refractivity contribution in [2.24, 2.45) is 5.92 Å². The van der Waals surface area contributed by atoms with E-state index in [2.05, 4.69) is 34.7 Å². The van der Waals surface area contributed by atoms with Crippen molar-refractivity contribution in [3.63, 3.8) is 0 Å². The van der Waals surface area contributed by atoms with Gasteiger partial charge in [0.2, 0.25) is 0 Å². The topological polar surface area (TPSA) is 46.2 Å². The summed E-state index contributed by atoms with van der Waals surface area (Å²) in [6, 6.07) is 8.56. The lowest BCUT2D eigenvalue weighted by Crippen LogP contribution is -2.38. The van der Waals surface area contributed by atoms with Gasteiger partial charge in [-0.1, -0.05) is 0 Å². The fourth-order valence-corrected chi connectivity index (χ4v) is 3.04. The van der Waals surface area contributed by atoms with E-state index in [1.54, 1.807) is 7.11 Å². The van der Waals surface area contributed by atoms with E-state index in [1.165, 1.54) is 12.8 Å². The van der Waals surface area contributed by atoms with E-state index in [0.717, 1.165) is 35.4 Å². The van der Waals surface area contributed by atoms with Gasteiger partial charge in [-0.15, -0.1) is 0 Å². The SMILES string of the molecule is COc1ccc2c(NC(C)C3CCCNC3)nccc2c1. The van der Waals surface area contributed by atoms with E-state index in [0.29, 0.717) is 12.0 Å². The van der Waals surface area contributed by atoms with Crippen LogP contribution in [-0.4, -0.2) is 31.2 Å². The van der Waals surface area contributed by atoms with E-state index in [9.17, 15) is 0 Å². The standard InChI is InChI=1S/C17H23N3O/c1-12(14-4-3-8-18-11-14)20-17-16-6-5-15(21-2)10-13(16)7-9-19-17/h5-7,9-10,12,14,18H,3-4,8,11H2,1-2H3,(H,19,20). The molecule has 1 aromatic carbocycles. The summed E-state index contributed by atoms with van der Waals surface area (Å²) < 4.78 is 5.29. The molecule has 2 atom stereocenters. The first-order valence-electron chi connectivity index (χ1n) is 7.68. The van der Waals surface area contributed by atoms with Crippen LogP contribution in [0.3, 0.4) is 0 Å². The summed E-state index contributed by atoms with van der Waals surface area (Å²) in [6.07, 6.45) is 4.40. The Morgan fingerprint density at radius 3 is 3.05 bits per heavy atom. The molecule has 3 rings (SSSR count). The van der Waals surface area contributed by atoms with Gasteiger partial charge in [0.25, 0.3) is 0 Å². The number of anilines is 1. The lowest BCUT2D eigenvalue weighted by molar-refractivity contribution is 0.347. The van der Waals surface area contributed by atoms with Crippen LogP contribution in [0.2, 0.25) is 0 Å². The van der Waals surface area contributed by atoms with Crippen LogP contribution >= 0.6 is 0 Å². The third-order valence-electron chi connectivity index (χ3n) is 4.38. The highest BCUT2D eigenvalue weighted by Crippen LogP contribution is 2.27. The zero-order valence-electron chi connectivity index (χ0n) is 12.7. The molecule has 2 aromatic rings. The zero-order chi connectivity index (χ0) is 14.7. The summed E-state index contributed by atoms with van der Waals surface area (Å²) in [7, 11) is 1.69. The molecule has 1 fully saturated rings. The predicted molar refractivity (Wildman–Crippen MR) is 87.0 cm³/mol. The van der Waals surface area contributed by atoms with Crippen LogP contribution in [0.4, 0.5) is 5.82 Å². The van der Waals surface area contributed by atoms with Gasteiger partial charge in [-0.2, -0.15) is 0 Å². The molecule has 2 N–H and O–H groups in total. The van der Waals surface area contributed by atoms with E-state index < -0.39 is 0 Å². The summed E-state index contributed by atoms with van der Waals surface area (Å²) in [5, 5.41) is 9.38. The van der Waals surface area contributed by atoms with Crippen molar-refractivity contribution >= 4 is 16.6 Å². The first-order valence-corrected chi connectivity index (χ1v) is 7.68. The van der Waals surface area contributed by atoms with Crippen molar-refractivity contribution in [2.75, 3.05) is 25.5 Å². The third kappa shape index (κ3) is 3.10. The molecule has 0 spiro atoms. The minimum absolute atomic E-state index is 0.415. The number of rotatable bonds is 4. The number of piperidine rings is 1. The number of nitrogens with one attached hydrogen (secondary N) is 2. The second-order valence-electron chi connectivity index (χ2n) is 5.79. The van der Waals surface area contributed by atoms with E-state index in [1.807, 2.05) is 18.3 Å². The molecule has 0 bridgehead atoms. The number of hydrogen-bond acceptors (Lipinski definition) is 4. The molecule has 21 heavy (non-hydrogen) atoms. The monoisotopic (exact) mass is 285 g/mol. The second-order valence-corrected chi connectivity index (χ2v) is 5.79. The average molecular weight is 285 g/mol. The highest BCUT2D eigenvalue weighted by Gasteiger charge is 2.20. The van der Waals surface area contributed by atoms with Gasteiger partial charge in [-0.25, -0.2) is 4.98 Å². The van der Waals surface area contributed by atoms with Gasteiger partial charge in [0, 0.05) is 17.6 Å². The van der Waals surface area contributed by atoms with E-state index in [4.69, 9.17) is 4.74 Å². The molecule has 112 valence electrons. The van der Waals surface area contributed by atoms with Gasteiger partial charge in [0.05, 0.1) is 7.11 Å². The highest BCUT2D eigenvalue weighted by atomic mass is 16.5. The number of hydrogen-bond donors (Lipinski definition) is 2. The molecule has 0 radical (unpaired) electrons. The normalized spacial score (nSPS) is 20.2. The van der Waals surface area contributed by atoms with Crippen LogP contribution < -0.4 is 15.4 Å². The lowest BCUT2D eigenvalue weighted by Gasteiger charge is -2.29. The van der Waals surface area contributed by atoms with Crippen molar-refractivity contribution in [3.05, 3.63) is 30.5 Å². The van der Waals surface area contributed by atoms with Gasteiger partial charge in [0.1, 0.15) is 11.6 Å². The Kier molecular flexibility index (Phi) is 4.25. The highest BCUT2D eigenvalue weighted by molar-refractivity contribution is 5.92. The van der Waals surface area contributed by atoms with Gasteiger partial charge >= 0.3 is 0 Å². The number of pyridine rings is 1. The van der Waals surface area contributed by atoms with Gasteiger partial charge in [-0.3, -0.25) is 0 Å². The molecule has 4 heteroatoms. The minimum Gasteiger partial charge on any atom is -0.497 e. The van der Waals surface area contributed by atoms with Crippen LogP contribution in [0, 0.1) is 5.92 Å². The first-order chi connectivity index (χ1) is 10.3. The molecule has 0 aliphatic carbocycles. The fraction of sp³-hybridized carbons (Fsp3) is 0.471. The Balaban J connectivity index is 1.82. The summed E-state index contributed by atoms with van der Waals surface area (Å²) >= 11 is 0. The number of benzene rings is 1. The smallest absolute Gasteiger partial charge is 0.134 e. The largest absolute Gasteiger partial charge is 0.497 e. The Hall–Kier alpha value is -1.81. The van der Waals surface area contributed by atoms with Crippen molar-refractivity contribution < 1.29 is 4.74 Å². The van der Waals surface area contributed by atoms with Gasteiger partial charge in [0.15, 0.2) is 0 Å². The Morgan fingerprint density at radius 1 is 1.38 bits per heavy atom. The van der Waals surface area contributed by atoms with Crippen molar-refractivity contribution in [2.45, 2.75) is 25.8 Å². The Morgan fingerprint density at radius 2 is 2.29 bits per heavy atom. The summed E-state index contributed by atoms with van der Waals surface area (Å²) in [4.78, 5) is 4.52. The molecule has 0 amide bonds. The second kappa shape index (κ2) is 6.31. The maximum atomic E-state index is 5.29. The third-order valence-corrected chi connectivity index (χ3v) is 4.38. The molecule has 1 aliphatic rings. The van der Waals surface area contributed by atoms with Crippen molar-refractivity contribution in [3.8, 4) is 5.75 Å². The number of nitrogens with zero attached hydrogens (tertiary/aromatic N) is 1. The maximum absolute atomic E-state index is 5.29. The summed E-state index contributed by atoms with van der Waals surface area (Å²) in [5.74, 6) is 2.51. The number of fused-ring (bicyclic) bond motifs is 1. The zero-order valence-corrected chi connectivity index (χ0v) is 12.7. The molecule has 4 nitrogen and oxygen atoms in total. The molecule has 1 aromatic heterocycles. The van der Waals surface area contributed by atoms with Crippen LogP contribution in [0.1, 0.15) is 19.8 Å². The Bertz CT molecular complexity index is 608. The molecular weight excluding hydrogens is 262 g/mol. The summed E-state index contributed by atoms with van der Waals surface area (Å²) in [6.45, 7) is 4.49. The number of aromatic nitrogens is 1. The van der Waals surface area contributed by atoms with Gasteiger partial charge < -0.3 is 15.4 Å². The number of methoxy groups -OCH3 is 1. The van der Waals surface area contributed by atoms with E-state index in [-0.39, 0.29) is 0 Å². The molecule has 2 heterocycles. The van der Waals surface area contributed by atoms with Crippen LogP contribution in [0.25, 0.3) is 10.8 Å². The average Bonchev–Trinajstić information content (AvgIpc) is 2.55. The molecule has 2 unspecified atom stereocenters. The van der Waals surface area contributed by atoms with Crippen LogP contribution in [0.15, 0.2) is 30.5 Å². The predicted octanol–water partition coefficient (Wildman–Crippen LogP) is 3.04. The minimum atomic E-state index is 0.415. The molecule has 1 aliphatic heterocycles. The van der Waals surface area contributed by atoms with Crippen LogP contribution in [0.5, 0.6) is 5.75 Å². The lowest BCUT2D eigenvalue weighted by atomic mass is 9.93. The molecule has 1 saturated heterocycles. The first kappa shape index (κ1) is 14.1. The quantitative estimate of drug-likeness (QED) is 0.906. The van der Waals surface area contributed by atoms with Crippen LogP contribution in [-0.2, 0) is 0 Å².